The fourth-order valence-electron chi connectivity index (χ4n) is 12.9. The van der Waals surface area contributed by atoms with E-state index in [-0.39, 0.29) is 0 Å². The molecule has 3 rings (SSSR count). The normalized spacial score (nSPS) is 40.3. The molecule has 38 heavy (non-hydrogen) atoms. The van der Waals surface area contributed by atoms with Crippen LogP contribution in [0.4, 0.5) is 0 Å². The van der Waals surface area contributed by atoms with Crippen LogP contribution in [0.2, 0.25) is 0 Å². The van der Waals surface area contributed by atoms with Crippen molar-refractivity contribution in [2.75, 3.05) is 0 Å². The molecule has 0 heteroatoms. The number of fused-ring (bicyclic) bond motifs is 1. The Balaban J connectivity index is 2.02. The molecule has 13 atom stereocenters. The quantitative estimate of drug-likeness (QED) is 0.236. The molecule has 3 saturated carbocycles. The van der Waals surface area contributed by atoms with Crippen LogP contribution in [0.3, 0.4) is 0 Å². The number of hydrogen-bond donors (Lipinski definition) is 0. The van der Waals surface area contributed by atoms with E-state index in [1.54, 1.807) is 0 Å². The molecule has 0 N–H and O–H groups in total. The third kappa shape index (κ3) is 5.83. The van der Waals surface area contributed by atoms with Gasteiger partial charge in [-0.15, -0.1) is 0 Å². The average Bonchev–Trinajstić information content (AvgIpc) is 3.46. The molecule has 0 spiro atoms. The largest absolute Gasteiger partial charge is 0.0654 e. The van der Waals surface area contributed by atoms with Gasteiger partial charge >= 0.3 is 0 Å². The standard InChI is InChI=1S/C38H72/c1-14-19-32(31(15-2)30-20-17-18-21-30)36(25(8)23(4)5)26(9)33-22-38(13)34(16-3)28(11)35(24(6)7)29(12)37(38)27(33)10/h23-37H,14-22H2,1-13H3. The van der Waals surface area contributed by atoms with Gasteiger partial charge < -0.3 is 0 Å². The maximum Gasteiger partial charge on any atom is -0.0259 e. The summed E-state index contributed by atoms with van der Waals surface area (Å²) in [5.41, 5.74) is 0.527. The molecule has 0 nitrogen and oxygen atoms in total. The first-order valence-corrected chi connectivity index (χ1v) is 17.9. The van der Waals surface area contributed by atoms with E-state index in [0.717, 1.165) is 88.8 Å². The molecule has 0 aromatic heterocycles. The van der Waals surface area contributed by atoms with Gasteiger partial charge in [-0.3, -0.25) is 0 Å². The first-order valence-electron chi connectivity index (χ1n) is 17.9. The van der Waals surface area contributed by atoms with Gasteiger partial charge in [0.1, 0.15) is 0 Å². The van der Waals surface area contributed by atoms with E-state index in [2.05, 4.69) is 90.0 Å². The zero-order valence-electron chi connectivity index (χ0n) is 28.5. The van der Waals surface area contributed by atoms with E-state index in [0.29, 0.717) is 5.41 Å². The molecule has 0 aromatic carbocycles. The highest BCUT2D eigenvalue weighted by Crippen LogP contribution is 2.67. The Labute approximate surface area is 241 Å². The predicted molar refractivity (Wildman–Crippen MR) is 170 cm³/mol. The summed E-state index contributed by atoms with van der Waals surface area (Å²) in [4.78, 5) is 0. The molecule has 3 aliphatic carbocycles. The van der Waals surface area contributed by atoms with E-state index in [1.165, 1.54) is 57.8 Å². The summed E-state index contributed by atoms with van der Waals surface area (Å²) in [6, 6.07) is 0. The SMILES string of the molecule is CCCC(C(CC)C1CCCC1)C(C(C)C(C)C)C(C)C1CC2(C)C(CC)C(C)C(C(C)C)C(C)C2C1C. The Bertz CT molecular complexity index is 699. The van der Waals surface area contributed by atoms with Crippen molar-refractivity contribution >= 4 is 0 Å². The van der Waals surface area contributed by atoms with Crippen molar-refractivity contribution in [3.8, 4) is 0 Å². The van der Waals surface area contributed by atoms with Crippen molar-refractivity contribution in [2.45, 2.75) is 148 Å². The minimum atomic E-state index is 0.527. The minimum absolute atomic E-state index is 0.527. The highest BCUT2D eigenvalue weighted by Gasteiger charge is 2.61. The van der Waals surface area contributed by atoms with Crippen LogP contribution < -0.4 is 0 Å². The van der Waals surface area contributed by atoms with E-state index in [1.807, 2.05) is 0 Å². The van der Waals surface area contributed by atoms with Gasteiger partial charge in [-0.05, 0) is 101 Å². The highest BCUT2D eigenvalue weighted by atomic mass is 14.7. The van der Waals surface area contributed by atoms with Crippen LogP contribution in [-0.4, -0.2) is 0 Å². The first-order chi connectivity index (χ1) is 17.9. The molecule has 0 aromatic rings. The minimum Gasteiger partial charge on any atom is -0.0654 e. The molecule has 0 bridgehead atoms. The van der Waals surface area contributed by atoms with Crippen molar-refractivity contribution in [3.63, 3.8) is 0 Å². The summed E-state index contributed by atoms with van der Waals surface area (Å²) in [5.74, 6) is 13.2. The molecule has 0 radical (unpaired) electrons. The Morgan fingerprint density at radius 2 is 1.42 bits per heavy atom. The molecular weight excluding hydrogens is 456 g/mol. The van der Waals surface area contributed by atoms with E-state index in [4.69, 9.17) is 0 Å². The topological polar surface area (TPSA) is 0 Å². The maximum absolute atomic E-state index is 2.77. The van der Waals surface area contributed by atoms with E-state index in [9.17, 15) is 0 Å². The molecule has 0 saturated heterocycles. The second-order valence-corrected chi connectivity index (χ2v) is 16.4. The molecule has 3 aliphatic rings. The number of rotatable bonds is 12. The fraction of sp³-hybridized carbons (Fsp3) is 1.00. The summed E-state index contributed by atoms with van der Waals surface area (Å²) in [6.07, 6.45) is 13.1. The third-order valence-corrected chi connectivity index (χ3v) is 14.2. The van der Waals surface area contributed by atoms with Crippen molar-refractivity contribution in [2.24, 2.45) is 94.2 Å². The van der Waals surface area contributed by atoms with Crippen LogP contribution >= 0.6 is 0 Å². The second-order valence-electron chi connectivity index (χ2n) is 16.4. The zero-order valence-corrected chi connectivity index (χ0v) is 28.5. The Kier molecular flexibility index (Phi) is 11.4. The first kappa shape index (κ1) is 32.5. The lowest BCUT2D eigenvalue weighted by Gasteiger charge is -2.56. The van der Waals surface area contributed by atoms with E-state index < -0.39 is 0 Å². The van der Waals surface area contributed by atoms with Gasteiger partial charge in [0, 0.05) is 0 Å². The smallest absolute Gasteiger partial charge is 0.0259 e. The summed E-state index contributed by atoms with van der Waals surface area (Å²) in [6.45, 7) is 33.9. The van der Waals surface area contributed by atoms with E-state index >= 15 is 0 Å². The Morgan fingerprint density at radius 3 is 1.89 bits per heavy atom. The highest BCUT2D eigenvalue weighted by molar-refractivity contribution is 5.09. The lowest BCUT2D eigenvalue weighted by Crippen LogP contribution is -2.51. The van der Waals surface area contributed by atoms with Gasteiger partial charge in [-0.2, -0.15) is 0 Å². The fourth-order valence-corrected chi connectivity index (χ4v) is 12.9. The van der Waals surface area contributed by atoms with Gasteiger partial charge in [0.15, 0.2) is 0 Å². The third-order valence-electron chi connectivity index (χ3n) is 14.2. The predicted octanol–water partition coefficient (Wildman–Crippen LogP) is 12.0. The van der Waals surface area contributed by atoms with Crippen LogP contribution in [0.15, 0.2) is 0 Å². The molecular formula is C38H72. The zero-order chi connectivity index (χ0) is 28.5. The molecule has 0 amide bonds. The van der Waals surface area contributed by atoms with Gasteiger partial charge in [-0.25, -0.2) is 0 Å². The van der Waals surface area contributed by atoms with Crippen molar-refractivity contribution in [1.82, 2.24) is 0 Å². The van der Waals surface area contributed by atoms with Gasteiger partial charge in [-0.1, -0.05) is 141 Å². The summed E-state index contributed by atoms with van der Waals surface area (Å²) in [5, 5.41) is 0. The van der Waals surface area contributed by atoms with Gasteiger partial charge in [0.05, 0.1) is 0 Å². The molecule has 3 fully saturated rings. The van der Waals surface area contributed by atoms with Crippen LogP contribution in [-0.2, 0) is 0 Å². The summed E-state index contributed by atoms with van der Waals surface area (Å²) in [7, 11) is 0. The van der Waals surface area contributed by atoms with Crippen LogP contribution in [0.25, 0.3) is 0 Å². The maximum atomic E-state index is 2.77. The second kappa shape index (κ2) is 13.3. The average molecular weight is 529 g/mol. The van der Waals surface area contributed by atoms with Gasteiger partial charge in [0.25, 0.3) is 0 Å². The van der Waals surface area contributed by atoms with Crippen LogP contribution in [0, 0.1) is 94.2 Å². The molecule has 0 heterocycles. The lowest BCUT2D eigenvalue weighted by atomic mass is 9.49. The van der Waals surface area contributed by atoms with Gasteiger partial charge in [0.2, 0.25) is 0 Å². The lowest BCUT2D eigenvalue weighted by molar-refractivity contribution is -0.0824. The monoisotopic (exact) mass is 529 g/mol. The van der Waals surface area contributed by atoms with Crippen LogP contribution in [0.1, 0.15) is 148 Å². The Hall–Kier alpha value is 0. The van der Waals surface area contributed by atoms with Crippen molar-refractivity contribution < 1.29 is 0 Å². The van der Waals surface area contributed by atoms with Crippen LogP contribution in [0.5, 0.6) is 0 Å². The molecule has 224 valence electrons. The van der Waals surface area contributed by atoms with Crippen molar-refractivity contribution in [3.05, 3.63) is 0 Å². The van der Waals surface area contributed by atoms with Crippen molar-refractivity contribution in [1.29, 1.82) is 0 Å². The molecule has 0 aliphatic heterocycles. The number of hydrogen-bond acceptors (Lipinski definition) is 0. The summed E-state index contributed by atoms with van der Waals surface area (Å²) >= 11 is 0. The summed E-state index contributed by atoms with van der Waals surface area (Å²) < 4.78 is 0. The Morgan fingerprint density at radius 1 is 0.816 bits per heavy atom. The molecule has 13 unspecified atom stereocenters.